The average molecular weight is 552 g/mol. The second-order valence-electron chi connectivity index (χ2n) is 9.35. The van der Waals surface area contributed by atoms with E-state index in [0.29, 0.717) is 0 Å². The van der Waals surface area contributed by atoms with E-state index >= 15 is 0 Å². The van der Waals surface area contributed by atoms with Crippen molar-refractivity contribution in [3.8, 4) is 0 Å². The van der Waals surface area contributed by atoms with Crippen molar-refractivity contribution in [1.29, 1.82) is 0 Å². The van der Waals surface area contributed by atoms with E-state index in [1.807, 2.05) is 0 Å². The Morgan fingerprint density at radius 2 is 0.933 bits per heavy atom. The van der Waals surface area contributed by atoms with Gasteiger partial charge in [0.2, 0.25) is 0 Å². The Morgan fingerprint density at radius 1 is 0.567 bits per heavy atom. The average Bonchev–Trinajstić information content (AvgIpc) is 3.14. The lowest BCUT2D eigenvalue weighted by Crippen LogP contribution is -2.41. The molecule has 0 nitrogen and oxygen atoms in total. The predicted octanol–water partition coefficient (Wildman–Crippen LogP) is 7.23. The van der Waals surface area contributed by atoms with Crippen LogP contribution >= 0.6 is 31.9 Å². The Morgan fingerprint density at radius 3 is 1.30 bits per heavy atom. The standard InChI is InChI=1S/C26H24Br2Si2/c1-29(2)23-11-7-5-9-17(23)13-25(29)19-15-22(28)20(16-21(19)27)26-14-18-10-6-8-12-24(18)30(26,3)4/h5-16H,1-4H3. The van der Waals surface area contributed by atoms with Gasteiger partial charge in [-0.05, 0) is 55.2 Å². The Bertz CT molecular complexity index is 1170. The van der Waals surface area contributed by atoms with Gasteiger partial charge >= 0.3 is 0 Å². The number of halogens is 2. The molecule has 2 aliphatic rings. The van der Waals surface area contributed by atoms with Gasteiger partial charge in [-0.2, -0.15) is 0 Å². The topological polar surface area (TPSA) is 0 Å². The highest BCUT2D eigenvalue weighted by Gasteiger charge is 2.39. The highest BCUT2D eigenvalue weighted by atomic mass is 79.9. The highest BCUT2D eigenvalue weighted by Crippen LogP contribution is 2.43. The first kappa shape index (κ1) is 20.4. The summed E-state index contributed by atoms with van der Waals surface area (Å²) in [6.07, 6.45) is 4.83. The van der Waals surface area contributed by atoms with Crippen LogP contribution in [0.1, 0.15) is 22.3 Å². The van der Waals surface area contributed by atoms with Crippen LogP contribution in [0.3, 0.4) is 0 Å². The van der Waals surface area contributed by atoms with Crippen LogP contribution < -0.4 is 10.4 Å². The van der Waals surface area contributed by atoms with Gasteiger partial charge in [0, 0.05) is 8.95 Å². The largest absolute Gasteiger partial charge is 0.113 e. The third kappa shape index (κ3) is 2.95. The minimum absolute atomic E-state index is 1.20. The Kier molecular flexibility index (Phi) is 4.79. The van der Waals surface area contributed by atoms with Crippen LogP contribution in [0.25, 0.3) is 22.5 Å². The molecule has 0 saturated carbocycles. The smallest absolute Gasteiger partial charge is 0.0623 e. The maximum absolute atomic E-state index is 3.96. The molecule has 150 valence electrons. The molecule has 0 bridgehead atoms. The summed E-state index contributed by atoms with van der Waals surface area (Å²) in [5.41, 5.74) is 5.43. The molecule has 3 aromatic carbocycles. The summed E-state index contributed by atoms with van der Waals surface area (Å²) in [6.45, 7) is 9.85. The highest BCUT2D eigenvalue weighted by molar-refractivity contribution is 9.11. The van der Waals surface area contributed by atoms with Gasteiger partial charge in [-0.1, -0.05) is 119 Å². The van der Waals surface area contributed by atoms with Crippen molar-refractivity contribution in [2.24, 2.45) is 0 Å². The van der Waals surface area contributed by atoms with Gasteiger partial charge < -0.3 is 0 Å². The summed E-state index contributed by atoms with van der Waals surface area (Å²) in [4.78, 5) is 0. The molecule has 0 fully saturated rings. The van der Waals surface area contributed by atoms with Gasteiger partial charge in [0.25, 0.3) is 0 Å². The first-order valence-corrected chi connectivity index (χ1v) is 17.9. The van der Waals surface area contributed by atoms with Crippen molar-refractivity contribution in [3.63, 3.8) is 0 Å². The van der Waals surface area contributed by atoms with Crippen LogP contribution in [0.4, 0.5) is 0 Å². The number of hydrogen-bond acceptors (Lipinski definition) is 0. The second kappa shape index (κ2) is 7.02. The summed E-state index contributed by atoms with van der Waals surface area (Å²) >= 11 is 7.91. The SMILES string of the molecule is C[Si]1(C)C(c2cc(Br)c(C3=Cc4ccccc4[Si]3(C)C)cc2Br)=Cc2ccccc21. The van der Waals surface area contributed by atoms with Gasteiger partial charge in [-0.3, -0.25) is 0 Å². The van der Waals surface area contributed by atoms with Crippen molar-refractivity contribution in [2.75, 3.05) is 0 Å². The monoisotopic (exact) mass is 550 g/mol. The summed E-state index contributed by atoms with van der Waals surface area (Å²) in [6, 6.07) is 22.5. The van der Waals surface area contributed by atoms with Gasteiger partial charge in [0.1, 0.15) is 16.1 Å². The van der Waals surface area contributed by atoms with E-state index in [9.17, 15) is 0 Å². The fourth-order valence-corrected chi connectivity index (χ4v) is 12.8. The fraction of sp³-hybridized carbons (Fsp3) is 0.154. The molecule has 4 heteroatoms. The van der Waals surface area contributed by atoms with Crippen molar-refractivity contribution in [2.45, 2.75) is 26.2 Å². The first-order valence-electron chi connectivity index (χ1n) is 10.3. The zero-order valence-corrected chi connectivity index (χ0v) is 22.9. The van der Waals surface area contributed by atoms with E-state index in [1.165, 1.54) is 52.0 Å². The van der Waals surface area contributed by atoms with Crippen molar-refractivity contribution in [3.05, 3.63) is 91.9 Å². The number of fused-ring (bicyclic) bond motifs is 2. The molecule has 3 aromatic rings. The normalized spacial score (nSPS) is 17.9. The van der Waals surface area contributed by atoms with Gasteiger partial charge in [-0.25, -0.2) is 0 Å². The van der Waals surface area contributed by atoms with Crippen molar-refractivity contribution in [1.82, 2.24) is 0 Å². The molecule has 0 saturated heterocycles. The Balaban J connectivity index is 1.62. The molecule has 0 atom stereocenters. The zero-order chi connectivity index (χ0) is 21.3. The van der Waals surface area contributed by atoms with Gasteiger partial charge in [0.05, 0.1) is 0 Å². The van der Waals surface area contributed by atoms with E-state index in [4.69, 9.17) is 0 Å². The number of rotatable bonds is 2. The predicted molar refractivity (Wildman–Crippen MR) is 145 cm³/mol. The summed E-state index contributed by atoms with van der Waals surface area (Å²) < 4.78 is 2.39. The second-order valence-corrected chi connectivity index (χ2v) is 19.7. The van der Waals surface area contributed by atoms with Crippen molar-refractivity contribution < 1.29 is 0 Å². The van der Waals surface area contributed by atoms with E-state index in [2.05, 4.69) is 131 Å². The summed E-state index contributed by atoms with van der Waals surface area (Å²) in [5, 5.41) is 6.08. The summed E-state index contributed by atoms with van der Waals surface area (Å²) in [5.74, 6) is 0. The third-order valence-electron chi connectivity index (χ3n) is 6.85. The molecule has 2 heterocycles. The van der Waals surface area contributed by atoms with Crippen LogP contribution in [-0.4, -0.2) is 16.1 Å². The summed E-state index contributed by atoms with van der Waals surface area (Å²) in [7, 11) is -3.42. The van der Waals surface area contributed by atoms with Crippen molar-refractivity contribution >= 4 is 80.9 Å². The van der Waals surface area contributed by atoms with Crippen LogP contribution in [0.2, 0.25) is 26.2 Å². The van der Waals surface area contributed by atoms with Crippen LogP contribution in [-0.2, 0) is 0 Å². The lowest BCUT2D eigenvalue weighted by Gasteiger charge is -2.26. The minimum atomic E-state index is -1.71. The fourth-order valence-electron chi connectivity index (χ4n) is 5.13. The first-order chi connectivity index (χ1) is 14.2. The van der Waals surface area contributed by atoms with E-state index in [1.54, 1.807) is 0 Å². The molecule has 5 rings (SSSR count). The van der Waals surface area contributed by atoms with E-state index in [-0.39, 0.29) is 0 Å². The lowest BCUT2D eigenvalue weighted by atomic mass is 10.1. The molecule has 0 spiro atoms. The van der Waals surface area contributed by atoms with Crippen LogP contribution in [0.5, 0.6) is 0 Å². The molecular weight excluding hydrogens is 528 g/mol. The third-order valence-corrected chi connectivity index (χ3v) is 15.3. The zero-order valence-electron chi connectivity index (χ0n) is 17.7. The molecule has 0 N–H and O–H groups in total. The quantitative estimate of drug-likeness (QED) is 0.295. The molecule has 0 radical (unpaired) electrons. The van der Waals surface area contributed by atoms with Crippen LogP contribution in [0.15, 0.2) is 69.6 Å². The van der Waals surface area contributed by atoms with E-state index in [0.717, 1.165) is 0 Å². The number of benzene rings is 3. The molecule has 30 heavy (non-hydrogen) atoms. The Labute approximate surface area is 198 Å². The molecule has 2 aliphatic heterocycles. The maximum atomic E-state index is 3.96. The molecule has 0 aliphatic carbocycles. The Hall–Kier alpha value is -1.47. The molecule has 0 unspecified atom stereocenters. The van der Waals surface area contributed by atoms with Crippen LogP contribution in [0, 0.1) is 0 Å². The number of hydrogen-bond donors (Lipinski definition) is 0. The van der Waals surface area contributed by atoms with E-state index < -0.39 is 16.1 Å². The molecular formula is C26H24Br2Si2. The maximum Gasteiger partial charge on any atom is 0.113 e. The van der Waals surface area contributed by atoms with Gasteiger partial charge in [0.15, 0.2) is 0 Å². The minimum Gasteiger partial charge on any atom is -0.0623 e. The van der Waals surface area contributed by atoms with Gasteiger partial charge in [-0.15, -0.1) is 0 Å². The molecule has 0 amide bonds. The molecule has 0 aromatic heterocycles. The lowest BCUT2D eigenvalue weighted by molar-refractivity contribution is 1.51.